The first-order valence-electron chi connectivity index (χ1n) is 8.09. The van der Waals surface area contributed by atoms with Crippen LogP contribution in [0.2, 0.25) is 0 Å². The van der Waals surface area contributed by atoms with Gasteiger partial charge in [-0.2, -0.15) is 0 Å². The first-order valence-corrected chi connectivity index (χ1v) is 8.09. The number of carbonyl (C=O) groups excluding carboxylic acids is 1. The third-order valence-corrected chi connectivity index (χ3v) is 4.08. The van der Waals surface area contributed by atoms with Crippen LogP contribution < -0.4 is 10.6 Å². The number of aryl methyl sites for hydroxylation is 2. The summed E-state index contributed by atoms with van der Waals surface area (Å²) in [6, 6.07) is 8.84. The van der Waals surface area contributed by atoms with E-state index in [0.29, 0.717) is 5.69 Å². The Morgan fingerprint density at radius 1 is 0.889 bits per heavy atom. The van der Waals surface area contributed by atoms with Crippen molar-refractivity contribution in [3.8, 4) is 0 Å². The van der Waals surface area contributed by atoms with Crippen LogP contribution in [0, 0.1) is 31.3 Å². The molecule has 0 fully saturated rings. The van der Waals surface area contributed by atoms with Crippen LogP contribution in [-0.2, 0) is 0 Å². The molecule has 1 aromatic heterocycles. The number of halogens is 3. The van der Waals surface area contributed by atoms with E-state index >= 15 is 0 Å². The molecular weight excluding hydrogens is 355 g/mol. The van der Waals surface area contributed by atoms with Crippen LogP contribution in [0.25, 0.3) is 0 Å². The van der Waals surface area contributed by atoms with Crippen LogP contribution >= 0.6 is 0 Å². The molecular formula is C20H16F3N3O. The Balaban J connectivity index is 1.80. The molecule has 0 saturated heterocycles. The van der Waals surface area contributed by atoms with Crippen molar-refractivity contribution in [2.75, 3.05) is 10.6 Å². The largest absolute Gasteiger partial charge is 0.352 e. The molecule has 3 aromatic rings. The van der Waals surface area contributed by atoms with E-state index in [2.05, 4.69) is 15.6 Å². The highest BCUT2D eigenvalue weighted by molar-refractivity contribution is 6.04. The summed E-state index contributed by atoms with van der Waals surface area (Å²) in [5.74, 6) is -4.60. The maximum Gasteiger partial charge on any atom is 0.257 e. The molecule has 2 N–H and O–H groups in total. The number of hydrogen-bond donors (Lipinski definition) is 2. The second-order valence-corrected chi connectivity index (χ2v) is 6.06. The van der Waals surface area contributed by atoms with E-state index in [-0.39, 0.29) is 16.9 Å². The zero-order valence-electron chi connectivity index (χ0n) is 14.6. The molecule has 0 spiro atoms. The molecule has 0 radical (unpaired) electrons. The van der Waals surface area contributed by atoms with E-state index in [1.165, 1.54) is 18.5 Å². The minimum absolute atomic E-state index is 0.223. The molecule has 1 amide bonds. The van der Waals surface area contributed by atoms with E-state index in [1.807, 2.05) is 26.0 Å². The Labute approximate surface area is 154 Å². The molecule has 0 aliphatic carbocycles. The number of anilines is 3. The minimum atomic E-state index is -1.57. The molecule has 1 heterocycles. The Bertz CT molecular complexity index is 1020. The van der Waals surface area contributed by atoms with Gasteiger partial charge in [-0.1, -0.05) is 6.07 Å². The van der Waals surface area contributed by atoms with Gasteiger partial charge in [-0.3, -0.25) is 9.78 Å². The molecule has 2 aromatic carbocycles. The van der Waals surface area contributed by atoms with Crippen molar-refractivity contribution >= 4 is 23.0 Å². The van der Waals surface area contributed by atoms with E-state index in [0.717, 1.165) is 23.3 Å². The van der Waals surface area contributed by atoms with Gasteiger partial charge < -0.3 is 10.6 Å². The molecule has 0 aliphatic heterocycles. The number of nitrogens with one attached hydrogen (secondary N) is 2. The summed E-state index contributed by atoms with van der Waals surface area (Å²) in [4.78, 5) is 16.3. The Kier molecular flexibility index (Phi) is 5.12. The zero-order chi connectivity index (χ0) is 19.6. The fourth-order valence-corrected chi connectivity index (χ4v) is 2.43. The second-order valence-electron chi connectivity index (χ2n) is 6.06. The van der Waals surface area contributed by atoms with Crippen LogP contribution in [0.1, 0.15) is 21.5 Å². The molecule has 138 valence electrons. The van der Waals surface area contributed by atoms with Crippen LogP contribution in [0.5, 0.6) is 0 Å². The van der Waals surface area contributed by atoms with Gasteiger partial charge in [0, 0.05) is 11.9 Å². The van der Waals surface area contributed by atoms with Crippen molar-refractivity contribution in [1.82, 2.24) is 4.98 Å². The first-order chi connectivity index (χ1) is 12.8. The topological polar surface area (TPSA) is 54.0 Å². The highest BCUT2D eigenvalue weighted by Gasteiger charge is 2.14. The number of benzene rings is 2. The van der Waals surface area contributed by atoms with Gasteiger partial charge in [0.1, 0.15) is 0 Å². The van der Waals surface area contributed by atoms with E-state index in [4.69, 9.17) is 0 Å². The normalized spacial score (nSPS) is 10.6. The van der Waals surface area contributed by atoms with Gasteiger partial charge in [-0.25, -0.2) is 13.2 Å². The van der Waals surface area contributed by atoms with Crippen molar-refractivity contribution in [2.45, 2.75) is 13.8 Å². The summed E-state index contributed by atoms with van der Waals surface area (Å²) in [6.45, 7) is 3.91. The average molecular weight is 371 g/mol. The Morgan fingerprint density at radius 3 is 2.41 bits per heavy atom. The molecule has 27 heavy (non-hydrogen) atoms. The molecule has 0 aliphatic rings. The van der Waals surface area contributed by atoms with Crippen molar-refractivity contribution in [3.63, 3.8) is 0 Å². The van der Waals surface area contributed by atoms with Crippen molar-refractivity contribution < 1.29 is 18.0 Å². The quantitative estimate of drug-likeness (QED) is 0.627. The van der Waals surface area contributed by atoms with Crippen molar-refractivity contribution in [2.24, 2.45) is 0 Å². The standard InChI is InChI=1S/C20H16F3N3O/c1-11-3-4-14(7-12(11)2)26-20(27)13-8-15(10-24-9-13)25-17-6-5-16(21)18(22)19(17)23/h3-10,25H,1-2H3,(H,26,27). The fraction of sp³-hybridized carbons (Fsp3) is 0.100. The zero-order valence-corrected chi connectivity index (χ0v) is 14.6. The lowest BCUT2D eigenvalue weighted by Gasteiger charge is -2.10. The maximum absolute atomic E-state index is 13.8. The van der Waals surface area contributed by atoms with E-state index < -0.39 is 23.4 Å². The molecule has 7 heteroatoms. The number of nitrogens with zero attached hydrogens (tertiary/aromatic N) is 1. The molecule has 0 unspecified atom stereocenters. The molecule has 4 nitrogen and oxygen atoms in total. The molecule has 3 rings (SSSR count). The summed E-state index contributed by atoms with van der Waals surface area (Å²) in [5.41, 5.74) is 2.99. The fourth-order valence-electron chi connectivity index (χ4n) is 2.43. The number of carbonyl (C=O) groups is 1. The number of amides is 1. The first kappa shape index (κ1) is 18.4. The lowest BCUT2D eigenvalue weighted by atomic mass is 10.1. The highest BCUT2D eigenvalue weighted by Crippen LogP contribution is 2.24. The second kappa shape index (κ2) is 7.49. The summed E-state index contributed by atoms with van der Waals surface area (Å²) in [7, 11) is 0. The molecule has 0 atom stereocenters. The predicted octanol–water partition coefficient (Wildman–Crippen LogP) is 5.11. The smallest absolute Gasteiger partial charge is 0.257 e. The van der Waals surface area contributed by atoms with E-state index in [1.54, 1.807) is 6.07 Å². The van der Waals surface area contributed by atoms with Crippen LogP contribution in [-0.4, -0.2) is 10.9 Å². The SMILES string of the molecule is Cc1ccc(NC(=O)c2cncc(Nc3ccc(F)c(F)c3F)c2)cc1C. The van der Waals surface area contributed by atoms with Gasteiger partial charge in [0.25, 0.3) is 5.91 Å². The third-order valence-electron chi connectivity index (χ3n) is 4.08. The summed E-state index contributed by atoms with van der Waals surface area (Å²) in [5, 5.41) is 5.35. The van der Waals surface area contributed by atoms with Crippen molar-refractivity contribution in [1.29, 1.82) is 0 Å². The summed E-state index contributed by atoms with van der Waals surface area (Å²) in [6.07, 6.45) is 2.69. The van der Waals surface area contributed by atoms with Gasteiger partial charge in [-0.15, -0.1) is 0 Å². The minimum Gasteiger partial charge on any atom is -0.352 e. The number of rotatable bonds is 4. The third kappa shape index (κ3) is 4.08. The summed E-state index contributed by atoms with van der Waals surface area (Å²) < 4.78 is 40.1. The molecule has 0 saturated carbocycles. The van der Waals surface area contributed by atoms with Crippen molar-refractivity contribution in [3.05, 3.63) is 82.9 Å². The summed E-state index contributed by atoms with van der Waals surface area (Å²) >= 11 is 0. The number of aromatic nitrogens is 1. The van der Waals surface area contributed by atoms with Crippen LogP contribution in [0.4, 0.5) is 30.2 Å². The lowest BCUT2D eigenvalue weighted by Crippen LogP contribution is -2.12. The number of pyridine rings is 1. The van der Waals surface area contributed by atoms with E-state index in [9.17, 15) is 18.0 Å². The number of hydrogen-bond acceptors (Lipinski definition) is 3. The molecule has 0 bridgehead atoms. The van der Waals surface area contributed by atoms with Crippen LogP contribution in [0.15, 0.2) is 48.8 Å². The highest BCUT2D eigenvalue weighted by atomic mass is 19.2. The van der Waals surface area contributed by atoms with Gasteiger partial charge >= 0.3 is 0 Å². The Hall–Kier alpha value is -3.35. The maximum atomic E-state index is 13.8. The van der Waals surface area contributed by atoms with Gasteiger partial charge in [0.05, 0.1) is 23.1 Å². The van der Waals surface area contributed by atoms with Gasteiger partial charge in [-0.05, 0) is 55.3 Å². The lowest BCUT2D eigenvalue weighted by molar-refractivity contribution is 0.102. The monoisotopic (exact) mass is 371 g/mol. The average Bonchev–Trinajstić information content (AvgIpc) is 2.65. The predicted molar refractivity (Wildman–Crippen MR) is 97.7 cm³/mol. The van der Waals surface area contributed by atoms with Gasteiger partial charge in [0.2, 0.25) is 0 Å². The Morgan fingerprint density at radius 2 is 1.67 bits per heavy atom. The van der Waals surface area contributed by atoms with Gasteiger partial charge in [0.15, 0.2) is 17.5 Å². The van der Waals surface area contributed by atoms with Crippen LogP contribution in [0.3, 0.4) is 0 Å².